The van der Waals surface area contributed by atoms with Gasteiger partial charge in [0.15, 0.2) is 6.61 Å². The van der Waals surface area contributed by atoms with Gasteiger partial charge in [-0.05, 0) is 80.2 Å². The molecular formula is C29H36N2O4. The van der Waals surface area contributed by atoms with Gasteiger partial charge >= 0.3 is 0 Å². The molecule has 6 nitrogen and oxygen atoms in total. The number of nitriles is 1. The van der Waals surface area contributed by atoms with Crippen LogP contribution >= 0.6 is 0 Å². The fourth-order valence-corrected chi connectivity index (χ4v) is 6.39. The number of aliphatic hydroxyl groups is 2. The molecule has 0 aliphatic heterocycles. The molecule has 1 amide bonds. The van der Waals surface area contributed by atoms with Crippen molar-refractivity contribution in [1.29, 1.82) is 5.26 Å². The smallest absolute Gasteiger partial charge is 0.257 e. The minimum absolute atomic E-state index is 0.0638. The van der Waals surface area contributed by atoms with Crippen molar-refractivity contribution in [1.82, 2.24) is 5.32 Å². The highest BCUT2D eigenvalue weighted by atomic mass is 16.5. The molecule has 4 atom stereocenters. The van der Waals surface area contributed by atoms with E-state index in [0.29, 0.717) is 38.0 Å². The number of benzene rings is 2. The summed E-state index contributed by atoms with van der Waals surface area (Å²) < 4.78 is 5.76. The number of aryl methyl sites for hydroxylation is 1. The maximum Gasteiger partial charge on any atom is 0.257 e. The zero-order chi connectivity index (χ0) is 25.1. The van der Waals surface area contributed by atoms with E-state index < -0.39 is 11.2 Å². The number of nitrogens with one attached hydrogen (secondary N) is 1. The summed E-state index contributed by atoms with van der Waals surface area (Å²) in [5, 5.41) is 34.8. The number of fused-ring (bicyclic) bond motifs is 3. The number of rotatable bonds is 8. The molecule has 0 radical (unpaired) electrons. The molecule has 2 aromatic rings. The lowest BCUT2D eigenvalue weighted by molar-refractivity contribution is -0.205. The van der Waals surface area contributed by atoms with Crippen molar-refractivity contribution in [2.24, 2.45) is 5.92 Å². The van der Waals surface area contributed by atoms with Gasteiger partial charge in [0.05, 0.1) is 11.7 Å². The van der Waals surface area contributed by atoms with Gasteiger partial charge in [-0.15, -0.1) is 0 Å². The Kier molecular flexibility index (Phi) is 7.21. The molecular weight excluding hydrogens is 440 g/mol. The third-order valence-electron chi connectivity index (χ3n) is 8.29. The van der Waals surface area contributed by atoms with Crippen LogP contribution in [0.4, 0.5) is 0 Å². The Labute approximate surface area is 207 Å². The lowest BCUT2D eigenvalue weighted by Crippen LogP contribution is -2.62. The van der Waals surface area contributed by atoms with Crippen molar-refractivity contribution in [2.45, 2.75) is 75.4 Å². The fraction of sp³-hybridized carbons (Fsp3) is 0.517. The molecule has 3 N–H and O–H groups in total. The summed E-state index contributed by atoms with van der Waals surface area (Å²) in [6.07, 6.45) is 4.71. The quantitative estimate of drug-likeness (QED) is 0.497. The molecule has 2 aromatic carbocycles. The van der Waals surface area contributed by atoms with E-state index in [1.54, 1.807) is 6.92 Å². The Morgan fingerprint density at radius 1 is 1.23 bits per heavy atom. The SMILES string of the molecule is CCC12CC(C)(O)C(O)(c3ccccc3)CC1CCc1cc(OCC(=O)NCCCC#N)ccc12. The second-order valence-electron chi connectivity index (χ2n) is 10.3. The summed E-state index contributed by atoms with van der Waals surface area (Å²) in [6.45, 7) is 4.35. The highest BCUT2D eigenvalue weighted by Gasteiger charge is 2.60. The summed E-state index contributed by atoms with van der Waals surface area (Å²) in [7, 11) is 0. The van der Waals surface area contributed by atoms with Crippen LogP contribution in [0.15, 0.2) is 48.5 Å². The molecule has 0 aromatic heterocycles. The fourth-order valence-electron chi connectivity index (χ4n) is 6.39. The van der Waals surface area contributed by atoms with Crippen LogP contribution in [-0.4, -0.2) is 34.9 Å². The van der Waals surface area contributed by atoms with Crippen LogP contribution in [0, 0.1) is 17.2 Å². The summed E-state index contributed by atoms with van der Waals surface area (Å²) in [6, 6.07) is 17.7. The number of carbonyl (C=O) groups excluding carboxylic acids is 1. The molecule has 4 rings (SSSR count). The topological polar surface area (TPSA) is 103 Å². The Morgan fingerprint density at radius 2 is 2.00 bits per heavy atom. The van der Waals surface area contributed by atoms with Crippen molar-refractivity contribution >= 4 is 5.91 Å². The number of hydrogen-bond acceptors (Lipinski definition) is 5. The highest BCUT2D eigenvalue weighted by Crippen LogP contribution is 2.60. The maximum atomic E-state index is 12.0. The molecule has 6 heteroatoms. The minimum Gasteiger partial charge on any atom is -0.484 e. The Hall–Kier alpha value is -2.88. The predicted molar refractivity (Wildman–Crippen MR) is 134 cm³/mol. The first kappa shape index (κ1) is 25.2. The predicted octanol–water partition coefficient (Wildman–Crippen LogP) is 4.13. The molecule has 0 bridgehead atoms. The Bertz CT molecular complexity index is 1090. The summed E-state index contributed by atoms with van der Waals surface area (Å²) in [4.78, 5) is 12.0. The van der Waals surface area contributed by atoms with Crippen molar-refractivity contribution in [3.05, 3.63) is 65.2 Å². The van der Waals surface area contributed by atoms with Gasteiger partial charge in [-0.3, -0.25) is 4.79 Å². The van der Waals surface area contributed by atoms with Gasteiger partial charge in [-0.1, -0.05) is 43.3 Å². The molecule has 1 saturated carbocycles. The molecule has 2 aliphatic carbocycles. The minimum atomic E-state index is -1.29. The first-order valence-corrected chi connectivity index (χ1v) is 12.7. The number of ether oxygens (including phenoxy) is 1. The van der Waals surface area contributed by atoms with Gasteiger partial charge in [0.2, 0.25) is 0 Å². The largest absolute Gasteiger partial charge is 0.484 e. The molecule has 4 unspecified atom stereocenters. The van der Waals surface area contributed by atoms with Gasteiger partial charge in [0.25, 0.3) is 5.91 Å². The van der Waals surface area contributed by atoms with Crippen molar-refractivity contribution in [3.8, 4) is 11.8 Å². The van der Waals surface area contributed by atoms with E-state index in [2.05, 4.69) is 24.4 Å². The third kappa shape index (κ3) is 4.68. The molecule has 186 valence electrons. The van der Waals surface area contributed by atoms with E-state index in [0.717, 1.165) is 24.8 Å². The Balaban J connectivity index is 1.53. The molecule has 0 saturated heterocycles. The van der Waals surface area contributed by atoms with Gasteiger partial charge < -0.3 is 20.3 Å². The number of unbranched alkanes of at least 4 members (excludes halogenated alkanes) is 1. The number of carbonyl (C=O) groups is 1. The average Bonchev–Trinajstić information content (AvgIpc) is 2.86. The van der Waals surface area contributed by atoms with Crippen molar-refractivity contribution < 1.29 is 19.7 Å². The van der Waals surface area contributed by atoms with E-state index in [4.69, 9.17) is 10.00 Å². The summed E-state index contributed by atoms with van der Waals surface area (Å²) >= 11 is 0. The number of amides is 1. The normalized spacial score (nSPS) is 29.4. The van der Waals surface area contributed by atoms with Gasteiger partial charge in [-0.2, -0.15) is 5.26 Å². The summed E-state index contributed by atoms with van der Waals surface area (Å²) in [5.74, 6) is 0.703. The van der Waals surface area contributed by atoms with Crippen LogP contribution in [0.3, 0.4) is 0 Å². The monoisotopic (exact) mass is 476 g/mol. The van der Waals surface area contributed by atoms with Crippen LogP contribution in [0.1, 0.15) is 69.1 Å². The van der Waals surface area contributed by atoms with Crippen LogP contribution < -0.4 is 10.1 Å². The van der Waals surface area contributed by atoms with Crippen LogP contribution in [0.5, 0.6) is 5.75 Å². The van der Waals surface area contributed by atoms with E-state index in [1.807, 2.05) is 42.5 Å². The molecule has 2 aliphatic rings. The zero-order valence-electron chi connectivity index (χ0n) is 20.7. The van der Waals surface area contributed by atoms with Crippen LogP contribution in [0.25, 0.3) is 0 Å². The van der Waals surface area contributed by atoms with E-state index in [-0.39, 0.29) is 23.8 Å². The zero-order valence-corrected chi connectivity index (χ0v) is 20.7. The second kappa shape index (κ2) is 10.0. The lowest BCUT2D eigenvalue weighted by Gasteiger charge is -2.59. The van der Waals surface area contributed by atoms with Gasteiger partial charge in [0, 0.05) is 18.4 Å². The standard InChI is InChI=1S/C29H36N2O4/c1-3-28-20-27(2,33)29(34,22-9-5-4-6-10-22)18-23(28)12-11-21-17-24(13-14-25(21)28)35-19-26(32)31-16-8-7-15-30/h4-6,9-10,13-14,17,23,33-34H,3,7-8,11-12,16,18-20H2,1-2H3,(H,31,32). The Morgan fingerprint density at radius 3 is 2.71 bits per heavy atom. The number of nitrogens with zero attached hydrogens (tertiary/aromatic N) is 1. The second-order valence-corrected chi connectivity index (χ2v) is 10.3. The number of hydrogen-bond donors (Lipinski definition) is 3. The van der Waals surface area contributed by atoms with Crippen molar-refractivity contribution in [2.75, 3.05) is 13.2 Å². The molecule has 0 spiro atoms. The first-order valence-electron chi connectivity index (χ1n) is 12.7. The molecule has 0 heterocycles. The van der Waals surface area contributed by atoms with E-state index in [1.165, 1.54) is 11.1 Å². The van der Waals surface area contributed by atoms with Crippen LogP contribution in [0.2, 0.25) is 0 Å². The third-order valence-corrected chi connectivity index (χ3v) is 8.29. The van der Waals surface area contributed by atoms with Crippen LogP contribution in [-0.2, 0) is 22.2 Å². The first-order chi connectivity index (χ1) is 16.8. The van der Waals surface area contributed by atoms with Crippen molar-refractivity contribution in [3.63, 3.8) is 0 Å². The van der Waals surface area contributed by atoms with Gasteiger partial charge in [-0.25, -0.2) is 0 Å². The maximum absolute atomic E-state index is 12.0. The highest BCUT2D eigenvalue weighted by molar-refractivity contribution is 5.77. The molecule has 1 fully saturated rings. The average molecular weight is 477 g/mol. The van der Waals surface area contributed by atoms with Gasteiger partial charge in [0.1, 0.15) is 11.4 Å². The van der Waals surface area contributed by atoms with E-state index >= 15 is 0 Å². The van der Waals surface area contributed by atoms with E-state index in [9.17, 15) is 15.0 Å². The summed E-state index contributed by atoms with van der Waals surface area (Å²) in [5.41, 5.74) is 0.382. The lowest BCUT2D eigenvalue weighted by atomic mass is 9.49. The molecule has 35 heavy (non-hydrogen) atoms.